The predicted molar refractivity (Wildman–Crippen MR) is 102 cm³/mol. The number of nitrogens with zero attached hydrogens (tertiary/aromatic N) is 1. The summed E-state index contributed by atoms with van der Waals surface area (Å²) in [5.41, 5.74) is 2.50. The molecule has 0 unspecified atom stereocenters. The number of rotatable bonds is 7. The molecule has 0 saturated carbocycles. The van der Waals surface area contributed by atoms with Crippen molar-refractivity contribution in [3.63, 3.8) is 0 Å². The molecule has 2 aromatic rings. The van der Waals surface area contributed by atoms with Gasteiger partial charge in [0, 0.05) is 31.8 Å². The van der Waals surface area contributed by atoms with E-state index in [1.165, 1.54) is 21.0 Å². The molecule has 0 aromatic heterocycles. The molecule has 0 spiro atoms. The Hall–Kier alpha value is -2.51. The van der Waals surface area contributed by atoms with Crippen molar-refractivity contribution in [3.05, 3.63) is 59.7 Å². The molecular formula is C19H22N2O4S. The minimum atomic E-state index is -3.36. The predicted octanol–water partition coefficient (Wildman–Crippen LogP) is 2.18. The molecule has 0 aliphatic rings. The third-order valence-corrected chi connectivity index (χ3v) is 5.78. The van der Waals surface area contributed by atoms with Gasteiger partial charge in [-0.05, 0) is 30.2 Å². The van der Waals surface area contributed by atoms with Gasteiger partial charge < -0.3 is 5.32 Å². The smallest absolute Gasteiger partial charge is 0.251 e. The monoisotopic (exact) mass is 374 g/mol. The Balaban J connectivity index is 2.17. The lowest BCUT2D eigenvalue weighted by atomic mass is 9.96. The number of carbonyl (C=O) groups is 2. The van der Waals surface area contributed by atoms with Gasteiger partial charge >= 0.3 is 0 Å². The lowest BCUT2D eigenvalue weighted by Gasteiger charge is -2.12. The van der Waals surface area contributed by atoms with Gasteiger partial charge in [0.2, 0.25) is 10.0 Å². The second-order valence-corrected chi connectivity index (χ2v) is 8.34. The Morgan fingerprint density at radius 1 is 1.04 bits per heavy atom. The molecule has 0 saturated heterocycles. The number of nitrogens with one attached hydrogen (secondary N) is 1. The normalized spacial score (nSPS) is 11.4. The quantitative estimate of drug-likeness (QED) is 0.753. The largest absolute Gasteiger partial charge is 0.351 e. The zero-order valence-corrected chi connectivity index (χ0v) is 15.8. The van der Waals surface area contributed by atoms with Gasteiger partial charge in [0.15, 0.2) is 5.78 Å². The zero-order valence-electron chi connectivity index (χ0n) is 15.0. The van der Waals surface area contributed by atoms with Crippen LogP contribution in [0.2, 0.25) is 0 Å². The minimum Gasteiger partial charge on any atom is -0.351 e. The van der Waals surface area contributed by atoms with E-state index in [1.54, 1.807) is 30.3 Å². The molecule has 0 aliphatic heterocycles. The number of carbonyl (C=O) groups excluding carboxylic acids is 2. The zero-order chi connectivity index (χ0) is 19.3. The third-order valence-electron chi connectivity index (χ3n) is 3.94. The Morgan fingerprint density at radius 3 is 2.38 bits per heavy atom. The second kappa shape index (κ2) is 8.25. The van der Waals surface area contributed by atoms with Crippen molar-refractivity contribution in [1.29, 1.82) is 0 Å². The summed E-state index contributed by atoms with van der Waals surface area (Å²) in [5.74, 6) is -0.580. The number of amides is 1. The summed E-state index contributed by atoms with van der Waals surface area (Å²) in [7, 11) is -0.458. The minimum absolute atomic E-state index is 0.0214. The van der Waals surface area contributed by atoms with Crippen LogP contribution in [0.15, 0.2) is 48.5 Å². The van der Waals surface area contributed by atoms with Gasteiger partial charge in [-0.25, -0.2) is 12.7 Å². The molecule has 0 heterocycles. The highest BCUT2D eigenvalue weighted by Gasteiger charge is 2.15. The van der Waals surface area contributed by atoms with E-state index >= 15 is 0 Å². The van der Waals surface area contributed by atoms with Crippen molar-refractivity contribution in [1.82, 2.24) is 9.62 Å². The van der Waals surface area contributed by atoms with E-state index in [0.29, 0.717) is 11.1 Å². The van der Waals surface area contributed by atoms with E-state index < -0.39 is 10.0 Å². The molecule has 7 heteroatoms. The van der Waals surface area contributed by atoms with Gasteiger partial charge in [-0.2, -0.15) is 0 Å². The van der Waals surface area contributed by atoms with Crippen LogP contribution in [0.25, 0.3) is 11.1 Å². The van der Waals surface area contributed by atoms with Crippen LogP contribution in [0.4, 0.5) is 0 Å². The topological polar surface area (TPSA) is 83.5 Å². The van der Waals surface area contributed by atoms with Crippen molar-refractivity contribution in [3.8, 4) is 11.1 Å². The summed E-state index contributed by atoms with van der Waals surface area (Å²) >= 11 is 0. The van der Waals surface area contributed by atoms with E-state index in [4.69, 9.17) is 0 Å². The van der Waals surface area contributed by atoms with Crippen LogP contribution >= 0.6 is 0 Å². The molecular weight excluding hydrogens is 352 g/mol. The fourth-order valence-corrected chi connectivity index (χ4v) is 3.17. The van der Waals surface area contributed by atoms with E-state index in [2.05, 4.69) is 5.32 Å². The van der Waals surface area contributed by atoms with E-state index in [0.717, 1.165) is 15.4 Å². The van der Waals surface area contributed by atoms with Gasteiger partial charge in [-0.1, -0.05) is 36.4 Å². The molecule has 2 rings (SSSR count). The van der Waals surface area contributed by atoms with Crippen LogP contribution in [0.5, 0.6) is 0 Å². The maximum absolute atomic E-state index is 12.3. The first-order valence-electron chi connectivity index (χ1n) is 8.11. The fraction of sp³-hybridized carbons (Fsp3) is 0.263. The van der Waals surface area contributed by atoms with Crippen LogP contribution in [0.3, 0.4) is 0 Å². The van der Waals surface area contributed by atoms with Crippen molar-refractivity contribution >= 4 is 21.7 Å². The molecule has 26 heavy (non-hydrogen) atoms. The van der Waals surface area contributed by atoms with Crippen LogP contribution in [0.1, 0.15) is 27.6 Å². The summed E-state index contributed by atoms with van der Waals surface area (Å²) in [4.78, 5) is 24.1. The number of Topliss-reactive ketones (excluding diaryl/α,β-unsaturated/α-hetero) is 1. The Kier molecular flexibility index (Phi) is 6.28. The average molecular weight is 374 g/mol. The molecule has 2 aromatic carbocycles. The highest BCUT2D eigenvalue weighted by molar-refractivity contribution is 7.89. The van der Waals surface area contributed by atoms with Gasteiger partial charge in [0.05, 0.1) is 5.75 Å². The van der Waals surface area contributed by atoms with E-state index in [9.17, 15) is 18.0 Å². The van der Waals surface area contributed by atoms with Gasteiger partial charge in [-0.15, -0.1) is 0 Å². The number of benzene rings is 2. The first-order valence-corrected chi connectivity index (χ1v) is 9.72. The number of ketones is 1. The molecule has 1 N–H and O–H groups in total. The summed E-state index contributed by atoms with van der Waals surface area (Å²) in [6, 6.07) is 14.1. The molecule has 0 fully saturated rings. The summed E-state index contributed by atoms with van der Waals surface area (Å²) < 4.78 is 24.6. The number of hydrogen-bond acceptors (Lipinski definition) is 4. The lowest BCUT2D eigenvalue weighted by molar-refractivity contribution is 0.0955. The highest BCUT2D eigenvalue weighted by Crippen LogP contribution is 2.25. The summed E-state index contributed by atoms with van der Waals surface area (Å²) in [6.45, 7) is 1.52. The molecule has 138 valence electrons. The Bertz CT molecular complexity index is 921. The Morgan fingerprint density at radius 2 is 1.73 bits per heavy atom. The van der Waals surface area contributed by atoms with Crippen LogP contribution in [-0.4, -0.2) is 50.8 Å². The molecule has 0 aliphatic carbocycles. The van der Waals surface area contributed by atoms with Crippen molar-refractivity contribution in [2.75, 3.05) is 26.4 Å². The van der Waals surface area contributed by atoms with Crippen LogP contribution < -0.4 is 5.32 Å². The molecule has 0 radical (unpaired) electrons. The van der Waals surface area contributed by atoms with Crippen molar-refractivity contribution in [2.24, 2.45) is 0 Å². The van der Waals surface area contributed by atoms with Crippen LogP contribution in [0, 0.1) is 0 Å². The van der Waals surface area contributed by atoms with E-state index in [1.807, 2.05) is 18.2 Å². The summed E-state index contributed by atoms with van der Waals surface area (Å²) in [5, 5.41) is 2.61. The molecule has 6 nitrogen and oxygen atoms in total. The first kappa shape index (κ1) is 19.8. The standard InChI is InChI=1S/C19H22N2O4S/c1-14(22)17-9-4-5-10-18(17)15-7-6-8-16(13-15)19(23)20-11-12-26(24,25)21(2)3/h4-10,13H,11-12H2,1-3H3,(H,20,23). The highest BCUT2D eigenvalue weighted by atomic mass is 32.2. The number of sulfonamides is 1. The van der Waals surface area contributed by atoms with Gasteiger partial charge in [-0.3, -0.25) is 9.59 Å². The lowest BCUT2D eigenvalue weighted by Crippen LogP contribution is -2.33. The molecule has 0 atom stereocenters. The maximum Gasteiger partial charge on any atom is 0.251 e. The third kappa shape index (κ3) is 4.77. The fourth-order valence-electron chi connectivity index (χ4n) is 2.45. The molecule has 0 bridgehead atoms. The summed E-state index contributed by atoms with van der Waals surface area (Å²) in [6.07, 6.45) is 0. The van der Waals surface area contributed by atoms with Gasteiger partial charge in [0.25, 0.3) is 5.91 Å². The van der Waals surface area contributed by atoms with E-state index in [-0.39, 0.29) is 24.0 Å². The Labute approximate surface area is 153 Å². The maximum atomic E-state index is 12.3. The van der Waals surface area contributed by atoms with Crippen molar-refractivity contribution < 1.29 is 18.0 Å². The molecule has 1 amide bonds. The first-order chi connectivity index (χ1) is 12.2. The number of hydrogen-bond donors (Lipinski definition) is 1. The van der Waals surface area contributed by atoms with Crippen LogP contribution in [-0.2, 0) is 10.0 Å². The van der Waals surface area contributed by atoms with Gasteiger partial charge in [0.1, 0.15) is 0 Å². The SMILES string of the molecule is CC(=O)c1ccccc1-c1cccc(C(=O)NCCS(=O)(=O)N(C)C)c1. The van der Waals surface area contributed by atoms with Crippen molar-refractivity contribution in [2.45, 2.75) is 6.92 Å². The average Bonchev–Trinajstić information content (AvgIpc) is 2.61. The second-order valence-electron chi connectivity index (χ2n) is 6.04.